The number of aryl methyl sites for hydroxylation is 1. The highest BCUT2D eigenvalue weighted by atomic mass is 14.7. The van der Waals surface area contributed by atoms with Gasteiger partial charge in [0.15, 0.2) is 0 Å². The molecule has 2 aliphatic carbocycles. The smallest absolute Gasteiger partial charge is 0.237 e. The summed E-state index contributed by atoms with van der Waals surface area (Å²) in [6.45, 7) is 25.3. The van der Waals surface area contributed by atoms with Gasteiger partial charge in [-0.1, -0.05) is 35.9 Å². The molecule has 43 heavy (non-hydrogen) atoms. The minimum Gasteiger partial charge on any atom is -0.237 e. The quantitative estimate of drug-likeness (QED) is 0.194. The Balaban J connectivity index is 1.99. The predicted molar refractivity (Wildman–Crippen MR) is 153 cm³/mol. The van der Waals surface area contributed by atoms with E-state index < -0.39 is 11.3 Å². The zero-order chi connectivity index (χ0) is 31.0. The number of allylic oxidation sites excluding steroid dienone is 4. The summed E-state index contributed by atoms with van der Waals surface area (Å²) in [6, 6.07) is 21.8. The maximum absolute atomic E-state index is 10.1. The van der Waals surface area contributed by atoms with Gasteiger partial charge in [0.05, 0.1) is 60.2 Å². The van der Waals surface area contributed by atoms with Gasteiger partial charge in [0.1, 0.15) is 18.2 Å². The third-order valence-corrected chi connectivity index (χ3v) is 7.25. The molecule has 0 N–H and O–H groups in total. The van der Waals surface area contributed by atoms with Crippen molar-refractivity contribution in [2.45, 2.75) is 6.92 Å². The van der Waals surface area contributed by atoms with Crippen molar-refractivity contribution >= 4 is 22.4 Å². The summed E-state index contributed by atoms with van der Waals surface area (Å²) in [6.07, 6.45) is 0. The maximum Gasteiger partial charge on any atom is 0.270 e. The third kappa shape index (κ3) is 3.55. The number of nitrogens with zero attached hydrogens (tertiary/aromatic N) is 9. The fraction of sp³-hybridized carbons (Fsp3) is 0.0294. The normalized spacial score (nSPS) is 14.0. The molecule has 3 aromatic carbocycles. The Bertz CT molecular complexity index is 2350. The highest BCUT2D eigenvalue weighted by Gasteiger charge is 2.39. The van der Waals surface area contributed by atoms with Crippen molar-refractivity contribution in [2.24, 2.45) is 0 Å². The van der Waals surface area contributed by atoms with Gasteiger partial charge < -0.3 is 0 Å². The van der Waals surface area contributed by atoms with E-state index in [4.69, 9.17) is 19.7 Å². The van der Waals surface area contributed by atoms with Crippen LogP contribution >= 0.6 is 0 Å². The lowest BCUT2D eigenvalue weighted by Crippen LogP contribution is -2.04. The first-order valence-corrected chi connectivity index (χ1v) is 12.2. The van der Waals surface area contributed by atoms with Gasteiger partial charge in [0, 0.05) is 11.1 Å². The van der Waals surface area contributed by atoms with Crippen LogP contribution in [0.15, 0.2) is 47.8 Å². The minimum absolute atomic E-state index is 0.0557. The van der Waals surface area contributed by atoms with Crippen molar-refractivity contribution in [2.75, 3.05) is 0 Å². The Morgan fingerprint density at radius 1 is 0.605 bits per heavy atom. The molecule has 0 atom stereocenters. The van der Waals surface area contributed by atoms with Gasteiger partial charge >= 0.3 is 0 Å². The van der Waals surface area contributed by atoms with Crippen LogP contribution in [0.25, 0.3) is 48.1 Å². The summed E-state index contributed by atoms with van der Waals surface area (Å²) in [5, 5.41) is 59.7. The van der Waals surface area contributed by atoms with Gasteiger partial charge in [-0.05, 0) is 57.5 Å². The van der Waals surface area contributed by atoms with E-state index in [0.717, 1.165) is 16.7 Å². The second-order valence-electron chi connectivity index (χ2n) is 9.24. The molecule has 0 saturated heterocycles. The van der Waals surface area contributed by atoms with Crippen molar-refractivity contribution in [1.82, 2.24) is 0 Å². The van der Waals surface area contributed by atoms with E-state index in [1.165, 1.54) is 0 Å². The molecule has 5 rings (SSSR count). The first-order valence-electron chi connectivity index (χ1n) is 12.2. The first kappa shape index (κ1) is 26.9. The molecule has 0 aliphatic heterocycles. The Labute approximate surface area is 245 Å². The second-order valence-corrected chi connectivity index (χ2v) is 9.24. The van der Waals surface area contributed by atoms with Crippen molar-refractivity contribution in [3.63, 3.8) is 0 Å². The van der Waals surface area contributed by atoms with Crippen molar-refractivity contribution < 1.29 is 0 Å². The second kappa shape index (κ2) is 10.1. The van der Waals surface area contributed by atoms with Gasteiger partial charge in [-0.3, -0.25) is 0 Å². The van der Waals surface area contributed by atoms with E-state index in [2.05, 4.69) is 14.5 Å². The Morgan fingerprint density at radius 2 is 1.12 bits per heavy atom. The number of fused-ring (bicyclic) bond motifs is 4. The number of rotatable bonds is 1. The van der Waals surface area contributed by atoms with Gasteiger partial charge in [-0.2, -0.15) is 21.0 Å². The van der Waals surface area contributed by atoms with Crippen LogP contribution in [0.3, 0.4) is 0 Å². The van der Waals surface area contributed by atoms with E-state index in [-0.39, 0.29) is 50.4 Å². The van der Waals surface area contributed by atoms with E-state index >= 15 is 0 Å². The van der Waals surface area contributed by atoms with Crippen molar-refractivity contribution in [3.05, 3.63) is 138 Å². The molecule has 0 aromatic heterocycles. The molecule has 0 fully saturated rings. The highest BCUT2D eigenvalue weighted by molar-refractivity contribution is 6.26. The molecule has 3 aromatic rings. The number of hydrogen-bond donors (Lipinski definition) is 0. The summed E-state index contributed by atoms with van der Waals surface area (Å²) in [5.41, 5.74) is 1.76. The standard InChI is InChI=1S/C34H9N9/c1-17-5-7-19-20-8-6-18(10-22(20)30(21(19)9-17)27(15-39)41-2)29-33(28(16-40)42-3)31-25(13-37)23(11-35)24(12-36)26(14-38)32(31)34(29)43-4/h5-10H,1H3/b30-27+,33-28+. The van der Waals surface area contributed by atoms with Crippen LogP contribution in [0, 0.1) is 94.6 Å². The molecule has 9 nitrogen and oxygen atoms in total. The van der Waals surface area contributed by atoms with Gasteiger partial charge in [-0.25, -0.2) is 25.1 Å². The molecule has 2 aliphatic rings. The van der Waals surface area contributed by atoms with E-state index in [9.17, 15) is 31.6 Å². The van der Waals surface area contributed by atoms with Crippen LogP contribution < -0.4 is 0 Å². The molecule has 0 spiro atoms. The third-order valence-electron chi connectivity index (χ3n) is 7.25. The molecule has 0 unspecified atom stereocenters. The van der Waals surface area contributed by atoms with Gasteiger partial charge in [-0.15, -0.1) is 0 Å². The predicted octanol–water partition coefficient (Wildman–Crippen LogP) is 6.62. The van der Waals surface area contributed by atoms with Crippen LogP contribution in [-0.4, -0.2) is 0 Å². The SMILES string of the molecule is [C-]#[N+]C1=C(c2ccc3c(c2)/C(=C(\C#N)[N+]#[C-])c2cc(C)ccc2-3)/C(=C(/C#N)[N+]#[C-])c2c(C#N)c(C#N)c(C#N)c(C#N)c21. The molecule has 0 bridgehead atoms. The number of hydrogen-bond acceptors (Lipinski definition) is 6. The highest BCUT2D eigenvalue weighted by Crippen LogP contribution is 2.54. The molecule has 0 saturated carbocycles. The average Bonchev–Trinajstić information content (AvgIpc) is 3.53. The largest absolute Gasteiger partial charge is 0.270 e. The molecular weight excluding hydrogens is 534 g/mol. The average molecular weight is 544 g/mol. The lowest BCUT2D eigenvalue weighted by Gasteiger charge is -2.14. The molecule has 0 heterocycles. The van der Waals surface area contributed by atoms with E-state index in [0.29, 0.717) is 22.3 Å². The van der Waals surface area contributed by atoms with Gasteiger partial charge in [0.2, 0.25) is 5.70 Å². The van der Waals surface area contributed by atoms with E-state index in [1.54, 1.807) is 30.3 Å². The lowest BCUT2D eigenvalue weighted by atomic mass is 9.86. The molecule has 0 amide bonds. The first-order chi connectivity index (χ1) is 20.9. The Kier molecular flexibility index (Phi) is 6.32. The fourth-order valence-electron chi connectivity index (χ4n) is 5.60. The number of nitriles is 6. The van der Waals surface area contributed by atoms with Crippen LogP contribution in [0.5, 0.6) is 0 Å². The summed E-state index contributed by atoms with van der Waals surface area (Å²) in [5.74, 6) is 0. The zero-order valence-corrected chi connectivity index (χ0v) is 22.0. The van der Waals surface area contributed by atoms with Crippen molar-refractivity contribution in [1.29, 1.82) is 31.6 Å². The molecule has 190 valence electrons. The summed E-state index contributed by atoms with van der Waals surface area (Å²) in [7, 11) is 0. The van der Waals surface area contributed by atoms with Crippen LogP contribution in [-0.2, 0) is 0 Å². The Morgan fingerprint density at radius 3 is 1.63 bits per heavy atom. The Hall–Kier alpha value is -7.71. The maximum atomic E-state index is 10.1. The van der Waals surface area contributed by atoms with Crippen LogP contribution in [0.4, 0.5) is 0 Å². The summed E-state index contributed by atoms with van der Waals surface area (Å²) >= 11 is 0. The topological polar surface area (TPSA) is 156 Å². The molecule has 9 heteroatoms. The van der Waals surface area contributed by atoms with Gasteiger partial charge in [0.25, 0.3) is 11.4 Å². The lowest BCUT2D eigenvalue weighted by molar-refractivity contribution is 1.34. The monoisotopic (exact) mass is 543 g/mol. The van der Waals surface area contributed by atoms with Crippen molar-refractivity contribution in [3.8, 4) is 47.5 Å². The number of benzene rings is 3. The fourth-order valence-corrected chi connectivity index (χ4v) is 5.60. The van der Waals surface area contributed by atoms with Crippen LogP contribution in [0.2, 0.25) is 0 Å². The molecular formula is C34H9N9. The summed E-state index contributed by atoms with van der Waals surface area (Å²) in [4.78, 5) is 10.4. The van der Waals surface area contributed by atoms with Crippen LogP contribution in [0.1, 0.15) is 55.6 Å². The zero-order valence-electron chi connectivity index (χ0n) is 22.0. The van der Waals surface area contributed by atoms with E-state index in [1.807, 2.05) is 49.4 Å². The minimum atomic E-state index is -0.488. The molecule has 0 radical (unpaired) electrons. The summed E-state index contributed by atoms with van der Waals surface area (Å²) < 4.78 is 0.